The van der Waals surface area contributed by atoms with Crippen LogP contribution in [0.5, 0.6) is 11.5 Å². The summed E-state index contributed by atoms with van der Waals surface area (Å²) in [4.78, 5) is 12.5. The van der Waals surface area contributed by atoms with Crippen molar-refractivity contribution in [1.29, 1.82) is 0 Å². The smallest absolute Gasteiger partial charge is 0.261 e. The molecule has 26 heavy (non-hydrogen) atoms. The summed E-state index contributed by atoms with van der Waals surface area (Å²) >= 11 is 0. The summed E-state index contributed by atoms with van der Waals surface area (Å²) in [7, 11) is 0. The molecule has 0 saturated carbocycles. The molecule has 2 aromatic rings. The average molecular weight is 355 g/mol. The van der Waals surface area contributed by atoms with Crippen molar-refractivity contribution in [1.82, 2.24) is 5.32 Å². The van der Waals surface area contributed by atoms with E-state index in [0.717, 1.165) is 22.6 Å². The number of ether oxygens (including phenoxy) is 2. The molecule has 0 aliphatic rings. The SMILES string of the molecule is CCC(Oc1ccc(C)cc1C)C(=O)NCc1cccc(OC(C)C)c1. The maximum absolute atomic E-state index is 12.5. The van der Waals surface area contributed by atoms with E-state index in [1.54, 1.807) is 0 Å². The van der Waals surface area contributed by atoms with Crippen molar-refractivity contribution in [2.75, 3.05) is 0 Å². The predicted octanol–water partition coefficient (Wildman–Crippen LogP) is 4.56. The quantitative estimate of drug-likeness (QED) is 0.755. The van der Waals surface area contributed by atoms with Gasteiger partial charge in [0.15, 0.2) is 6.10 Å². The van der Waals surface area contributed by atoms with Crippen molar-refractivity contribution < 1.29 is 14.3 Å². The molecular weight excluding hydrogens is 326 g/mol. The fourth-order valence-corrected chi connectivity index (χ4v) is 2.71. The highest BCUT2D eigenvalue weighted by Gasteiger charge is 2.19. The lowest BCUT2D eigenvalue weighted by atomic mass is 10.1. The van der Waals surface area contributed by atoms with Crippen LogP contribution in [0, 0.1) is 13.8 Å². The summed E-state index contributed by atoms with van der Waals surface area (Å²) in [6, 6.07) is 13.7. The molecule has 1 amide bonds. The van der Waals surface area contributed by atoms with Gasteiger partial charge in [0.05, 0.1) is 6.10 Å². The summed E-state index contributed by atoms with van der Waals surface area (Å²) in [5.41, 5.74) is 3.21. The van der Waals surface area contributed by atoms with E-state index in [1.165, 1.54) is 5.56 Å². The first-order valence-corrected chi connectivity index (χ1v) is 9.16. The molecule has 4 heteroatoms. The van der Waals surface area contributed by atoms with Crippen LogP contribution in [-0.2, 0) is 11.3 Å². The van der Waals surface area contributed by atoms with Gasteiger partial charge in [-0.3, -0.25) is 4.79 Å². The zero-order valence-electron chi connectivity index (χ0n) is 16.3. The normalized spacial score (nSPS) is 11.9. The van der Waals surface area contributed by atoms with Gasteiger partial charge in [-0.1, -0.05) is 36.8 Å². The maximum Gasteiger partial charge on any atom is 0.261 e. The summed E-state index contributed by atoms with van der Waals surface area (Å²) < 4.78 is 11.6. The van der Waals surface area contributed by atoms with Crippen LogP contribution in [0.15, 0.2) is 42.5 Å². The monoisotopic (exact) mass is 355 g/mol. The van der Waals surface area contributed by atoms with Crippen molar-refractivity contribution in [3.63, 3.8) is 0 Å². The standard InChI is InChI=1S/C22H29NO3/c1-6-20(26-21-11-10-16(4)12-17(21)5)22(24)23-14-18-8-7-9-19(13-18)25-15(2)3/h7-13,15,20H,6,14H2,1-5H3,(H,23,24). The molecule has 2 rings (SSSR count). The van der Waals surface area contributed by atoms with Gasteiger partial charge in [-0.15, -0.1) is 0 Å². The van der Waals surface area contributed by atoms with Crippen molar-refractivity contribution in [2.24, 2.45) is 0 Å². The first-order chi connectivity index (χ1) is 12.4. The van der Waals surface area contributed by atoms with Crippen LogP contribution in [0.25, 0.3) is 0 Å². The molecule has 0 radical (unpaired) electrons. The minimum Gasteiger partial charge on any atom is -0.491 e. The van der Waals surface area contributed by atoms with E-state index in [4.69, 9.17) is 9.47 Å². The van der Waals surface area contributed by atoms with Gasteiger partial charge >= 0.3 is 0 Å². The van der Waals surface area contributed by atoms with E-state index >= 15 is 0 Å². The van der Waals surface area contributed by atoms with Gasteiger partial charge in [-0.05, 0) is 63.4 Å². The number of hydrogen-bond donors (Lipinski definition) is 1. The molecule has 140 valence electrons. The van der Waals surface area contributed by atoms with Gasteiger partial charge in [0.1, 0.15) is 11.5 Å². The van der Waals surface area contributed by atoms with E-state index < -0.39 is 6.10 Å². The Balaban J connectivity index is 1.96. The number of amides is 1. The lowest BCUT2D eigenvalue weighted by Crippen LogP contribution is -2.37. The zero-order chi connectivity index (χ0) is 19.1. The molecule has 0 spiro atoms. The second-order valence-corrected chi connectivity index (χ2v) is 6.82. The molecule has 0 bridgehead atoms. The highest BCUT2D eigenvalue weighted by molar-refractivity contribution is 5.81. The van der Waals surface area contributed by atoms with Crippen LogP contribution < -0.4 is 14.8 Å². The van der Waals surface area contributed by atoms with E-state index in [-0.39, 0.29) is 12.0 Å². The van der Waals surface area contributed by atoms with E-state index in [2.05, 4.69) is 11.4 Å². The Morgan fingerprint density at radius 3 is 2.50 bits per heavy atom. The van der Waals surface area contributed by atoms with Gasteiger partial charge in [0.2, 0.25) is 0 Å². The highest BCUT2D eigenvalue weighted by atomic mass is 16.5. The third-order valence-corrected chi connectivity index (χ3v) is 4.00. The molecule has 0 saturated heterocycles. The predicted molar refractivity (Wildman–Crippen MR) is 105 cm³/mol. The molecule has 1 atom stereocenters. The highest BCUT2D eigenvalue weighted by Crippen LogP contribution is 2.21. The summed E-state index contributed by atoms with van der Waals surface area (Å²) in [5.74, 6) is 1.46. The third kappa shape index (κ3) is 5.80. The number of carbonyl (C=O) groups is 1. The molecule has 0 aliphatic carbocycles. The van der Waals surface area contributed by atoms with Crippen molar-refractivity contribution >= 4 is 5.91 Å². The summed E-state index contributed by atoms with van der Waals surface area (Å²) in [6.07, 6.45) is 0.220. The minimum absolute atomic E-state index is 0.109. The van der Waals surface area contributed by atoms with Crippen LogP contribution in [-0.4, -0.2) is 18.1 Å². The van der Waals surface area contributed by atoms with Gasteiger partial charge in [0.25, 0.3) is 5.91 Å². The first kappa shape index (κ1) is 19.8. The topological polar surface area (TPSA) is 47.6 Å². The summed E-state index contributed by atoms with van der Waals surface area (Å²) in [5, 5.41) is 2.96. The third-order valence-electron chi connectivity index (χ3n) is 4.00. The summed E-state index contributed by atoms with van der Waals surface area (Å²) in [6.45, 7) is 10.4. The maximum atomic E-state index is 12.5. The van der Waals surface area contributed by atoms with Crippen molar-refractivity contribution in [3.05, 3.63) is 59.2 Å². The molecule has 0 fully saturated rings. The average Bonchev–Trinajstić information content (AvgIpc) is 2.59. The Kier molecular flexibility index (Phi) is 7.07. The fourth-order valence-electron chi connectivity index (χ4n) is 2.71. The Morgan fingerprint density at radius 2 is 1.85 bits per heavy atom. The van der Waals surface area contributed by atoms with E-state index in [0.29, 0.717) is 13.0 Å². The number of aryl methyl sites for hydroxylation is 2. The number of benzene rings is 2. The Bertz CT molecular complexity index is 740. The van der Waals surface area contributed by atoms with Crippen LogP contribution >= 0.6 is 0 Å². The van der Waals surface area contributed by atoms with Gasteiger partial charge in [0, 0.05) is 6.54 Å². The fraction of sp³-hybridized carbons (Fsp3) is 0.409. The Morgan fingerprint density at radius 1 is 1.08 bits per heavy atom. The number of hydrogen-bond acceptors (Lipinski definition) is 3. The van der Waals surface area contributed by atoms with Crippen molar-refractivity contribution in [2.45, 2.75) is 59.8 Å². The Hall–Kier alpha value is -2.49. The molecule has 2 aromatic carbocycles. The number of rotatable bonds is 8. The molecule has 0 aliphatic heterocycles. The van der Waals surface area contributed by atoms with Crippen LogP contribution in [0.3, 0.4) is 0 Å². The molecule has 1 N–H and O–H groups in total. The Labute approximate surface area is 156 Å². The number of carbonyl (C=O) groups excluding carboxylic acids is 1. The van der Waals surface area contributed by atoms with Crippen molar-refractivity contribution in [3.8, 4) is 11.5 Å². The van der Waals surface area contributed by atoms with Gasteiger partial charge in [-0.2, -0.15) is 0 Å². The van der Waals surface area contributed by atoms with Gasteiger partial charge < -0.3 is 14.8 Å². The van der Waals surface area contributed by atoms with E-state index in [9.17, 15) is 4.79 Å². The first-order valence-electron chi connectivity index (χ1n) is 9.16. The molecule has 4 nitrogen and oxygen atoms in total. The molecule has 1 unspecified atom stereocenters. The second-order valence-electron chi connectivity index (χ2n) is 6.82. The number of nitrogens with one attached hydrogen (secondary N) is 1. The second kappa shape index (κ2) is 9.27. The lowest BCUT2D eigenvalue weighted by Gasteiger charge is -2.19. The van der Waals surface area contributed by atoms with Crippen LogP contribution in [0.1, 0.15) is 43.9 Å². The van der Waals surface area contributed by atoms with Gasteiger partial charge in [-0.25, -0.2) is 0 Å². The molecule has 0 heterocycles. The molecule has 0 aromatic heterocycles. The largest absolute Gasteiger partial charge is 0.491 e. The zero-order valence-corrected chi connectivity index (χ0v) is 16.3. The lowest BCUT2D eigenvalue weighted by molar-refractivity contribution is -0.128. The van der Waals surface area contributed by atoms with E-state index in [1.807, 2.05) is 71.0 Å². The minimum atomic E-state index is -0.508. The van der Waals surface area contributed by atoms with Crippen LogP contribution in [0.2, 0.25) is 0 Å². The molecular formula is C22H29NO3. The van der Waals surface area contributed by atoms with Crippen LogP contribution in [0.4, 0.5) is 0 Å².